The summed E-state index contributed by atoms with van der Waals surface area (Å²) in [6.45, 7) is -0.173. The number of benzene rings is 3. The van der Waals surface area contributed by atoms with Gasteiger partial charge in [0.2, 0.25) is 0 Å². The van der Waals surface area contributed by atoms with Crippen LogP contribution in [0.1, 0.15) is 11.1 Å². The molecule has 0 saturated carbocycles. The van der Waals surface area contributed by atoms with Gasteiger partial charge in [-0.25, -0.2) is 8.78 Å². The van der Waals surface area contributed by atoms with Gasteiger partial charge in [-0.15, -0.1) is 0 Å². The van der Waals surface area contributed by atoms with Gasteiger partial charge in [0.15, 0.2) is 6.61 Å². The lowest BCUT2D eigenvalue weighted by atomic mass is 9.98. The van der Waals surface area contributed by atoms with E-state index in [0.29, 0.717) is 27.8 Å². The third-order valence-electron chi connectivity index (χ3n) is 4.38. The van der Waals surface area contributed by atoms with E-state index in [1.165, 1.54) is 13.1 Å². The Morgan fingerprint density at radius 2 is 1.67 bits per heavy atom. The number of ether oxygens (including phenoxy) is 1. The van der Waals surface area contributed by atoms with E-state index in [1.807, 2.05) is 0 Å². The number of likely N-dealkylation sites (N-methyl/N-ethyl adjacent to an activating group) is 1. The molecule has 0 radical (unpaired) electrons. The Morgan fingerprint density at radius 1 is 1.03 bits per heavy atom. The predicted molar refractivity (Wildman–Crippen MR) is 112 cm³/mol. The summed E-state index contributed by atoms with van der Waals surface area (Å²) < 4.78 is 32.5. The Bertz CT molecular complexity index is 1060. The Morgan fingerprint density at radius 3 is 2.27 bits per heavy atom. The second-order valence-electron chi connectivity index (χ2n) is 6.51. The summed E-state index contributed by atoms with van der Waals surface area (Å²) in [5, 5.41) is 13.3. The highest BCUT2D eigenvalue weighted by Crippen LogP contribution is 2.35. The third-order valence-corrected chi connectivity index (χ3v) is 5.05. The summed E-state index contributed by atoms with van der Waals surface area (Å²) in [5.41, 5.74) is 1.81. The predicted octanol–water partition coefficient (Wildman–Crippen LogP) is 5.36. The second-order valence-corrected chi connectivity index (χ2v) is 7.33. The van der Waals surface area contributed by atoms with E-state index in [9.17, 15) is 18.7 Å². The fraction of sp³-hybridized carbons (Fsp3) is 0.136. The minimum Gasteiger partial charge on any atom is -0.507 e. The van der Waals surface area contributed by atoms with E-state index in [-0.39, 0.29) is 29.4 Å². The highest BCUT2D eigenvalue weighted by Gasteiger charge is 2.14. The molecule has 0 heterocycles. The summed E-state index contributed by atoms with van der Waals surface area (Å²) in [7, 11) is 1.50. The molecule has 0 aromatic heterocycles. The maximum absolute atomic E-state index is 13.6. The van der Waals surface area contributed by atoms with Gasteiger partial charge in [0, 0.05) is 35.1 Å². The normalized spacial score (nSPS) is 10.7. The van der Waals surface area contributed by atoms with Crippen molar-refractivity contribution < 1.29 is 23.4 Å². The first-order valence-electron chi connectivity index (χ1n) is 8.86. The zero-order valence-corrected chi connectivity index (χ0v) is 17.3. The minimum absolute atomic E-state index is 0.112. The lowest BCUT2D eigenvalue weighted by molar-refractivity contribution is -0.122. The van der Waals surface area contributed by atoms with E-state index in [2.05, 4.69) is 5.32 Å². The molecule has 0 saturated heterocycles. The van der Waals surface area contributed by atoms with Gasteiger partial charge in [0.1, 0.15) is 23.1 Å². The first-order valence-corrected chi connectivity index (χ1v) is 9.62. The second kappa shape index (κ2) is 9.32. The molecule has 0 aliphatic carbocycles. The third kappa shape index (κ3) is 5.20. The van der Waals surface area contributed by atoms with Gasteiger partial charge < -0.3 is 15.2 Å². The average Bonchev–Trinajstić information content (AvgIpc) is 2.69. The number of phenols is 1. The molecule has 156 valence electrons. The minimum atomic E-state index is -0.742. The van der Waals surface area contributed by atoms with Gasteiger partial charge in [-0.05, 0) is 53.1 Å². The average molecular weight is 452 g/mol. The van der Waals surface area contributed by atoms with Crippen LogP contribution in [0, 0.1) is 11.6 Å². The molecule has 8 heteroatoms. The molecule has 4 nitrogen and oxygen atoms in total. The zero-order chi connectivity index (χ0) is 21.8. The van der Waals surface area contributed by atoms with Crippen molar-refractivity contribution in [3.05, 3.63) is 81.3 Å². The van der Waals surface area contributed by atoms with Crippen molar-refractivity contribution in [1.82, 2.24) is 5.32 Å². The molecule has 3 aromatic carbocycles. The number of hydrogen-bond donors (Lipinski definition) is 2. The zero-order valence-electron chi connectivity index (χ0n) is 15.8. The van der Waals surface area contributed by atoms with Crippen LogP contribution in [0.25, 0.3) is 11.1 Å². The van der Waals surface area contributed by atoms with E-state index >= 15 is 0 Å². The van der Waals surface area contributed by atoms with E-state index in [1.54, 1.807) is 24.3 Å². The molecule has 0 fully saturated rings. The number of nitrogens with one attached hydrogen (secondary N) is 1. The van der Waals surface area contributed by atoms with Crippen LogP contribution in [0.3, 0.4) is 0 Å². The smallest absolute Gasteiger partial charge is 0.257 e. The molecule has 0 aliphatic heterocycles. The molecule has 0 bridgehead atoms. The number of aromatic hydroxyl groups is 1. The van der Waals surface area contributed by atoms with Gasteiger partial charge >= 0.3 is 0 Å². The van der Waals surface area contributed by atoms with Crippen LogP contribution in [0.2, 0.25) is 10.0 Å². The Balaban J connectivity index is 1.88. The van der Waals surface area contributed by atoms with Gasteiger partial charge in [-0.3, -0.25) is 4.79 Å². The quantitative estimate of drug-likeness (QED) is 0.530. The SMILES string of the molecule is CNC(=O)COc1cc(Cl)c(Cc2ccc(O)c(-c3cc(F)cc(F)c3)c2)c(Cl)c1. The summed E-state index contributed by atoms with van der Waals surface area (Å²) in [6, 6.07) is 10.9. The molecule has 0 aliphatic rings. The Hall–Kier alpha value is -2.83. The van der Waals surface area contributed by atoms with E-state index in [4.69, 9.17) is 27.9 Å². The summed E-state index contributed by atoms with van der Waals surface area (Å²) in [5.74, 6) is -1.55. The Kier molecular flexibility index (Phi) is 6.80. The molecule has 1 amide bonds. The van der Waals surface area contributed by atoms with Crippen molar-refractivity contribution in [2.75, 3.05) is 13.7 Å². The number of phenolic OH excluding ortho intramolecular Hbond substituents is 1. The molecular formula is C22H17Cl2F2NO3. The number of carbonyl (C=O) groups is 1. The number of carbonyl (C=O) groups excluding carboxylic acids is 1. The molecule has 3 aromatic rings. The maximum Gasteiger partial charge on any atom is 0.257 e. The van der Waals surface area contributed by atoms with Crippen molar-refractivity contribution in [1.29, 1.82) is 0 Å². The van der Waals surface area contributed by atoms with Crippen molar-refractivity contribution >= 4 is 29.1 Å². The van der Waals surface area contributed by atoms with Crippen LogP contribution < -0.4 is 10.1 Å². The molecular weight excluding hydrogens is 435 g/mol. The van der Waals surface area contributed by atoms with Crippen molar-refractivity contribution in [3.8, 4) is 22.6 Å². The molecule has 0 atom stereocenters. The highest BCUT2D eigenvalue weighted by atomic mass is 35.5. The molecule has 0 unspecified atom stereocenters. The topological polar surface area (TPSA) is 58.6 Å². The standard InChI is InChI=1S/C22H17Cl2F2NO3/c1-27-22(29)11-30-16-9-19(23)18(20(24)10-16)5-12-2-3-21(28)17(4-12)13-6-14(25)8-15(26)7-13/h2-4,6-10,28H,5,11H2,1H3,(H,27,29). The number of rotatable bonds is 6. The van der Waals surface area contributed by atoms with E-state index in [0.717, 1.165) is 23.8 Å². The first kappa shape index (κ1) is 21.9. The van der Waals surface area contributed by atoms with Gasteiger partial charge in [-0.2, -0.15) is 0 Å². The fourth-order valence-corrected chi connectivity index (χ4v) is 3.49. The number of halogens is 4. The van der Waals surface area contributed by atoms with Gasteiger partial charge in [0.25, 0.3) is 5.91 Å². The first-order chi connectivity index (χ1) is 14.3. The highest BCUT2D eigenvalue weighted by molar-refractivity contribution is 6.36. The van der Waals surface area contributed by atoms with Crippen molar-refractivity contribution in [2.24, 2.45) is 0 Å². The van der Waals surface area contributed by atoms with Gasteiger partial charge in [-0.1, -0.05) is 29.3 Å². The monoisotopic (exact) mass is 451 g/mol. The lowest BCUT2D eigenvalue weighted by Gasteiger charge is -2.13. The van der Waals surface area contributed by atoms with Gasteiger partial charge in [0.05, 0.1) is 0 Å². The molecule has 30 heavy (non-hydrogen) atoms. The van der Waals surface area contributed by atoms with Crippen molar-refractivity contribution in [3.63, 3.8) is 0 Å². The summed E-state index contributed by atoms with van der Waals surface area (Å²) >= 11 is 12.7. The fourth-order valence-electron chi connectivity index (χ4n) is 2.89. The molecule has 0 spiro atoms. The Labute approximate surface area is 182 Å². The molecule has 3 rings (SSSR count). The largest absolute Gasteiger partial charge is 0.507 e. The van der Waals surface area contributed by atoms with Crippen molar-refractivity contribution in [2.45, 2.75) is 6.42 Å². The van der Waals surface area contributed by atoms with Crippen LogP contribution in [0.15, 0.2) is 48.5 Å². The lowest BCUT2D eigenvalue weighted by Crippen LogP contribution is -2.24. The van der Waals surface area contributed by atoms with Crippen LogP contribution >= 0.6 is 23.2 Å². The summed E-state index contributed by atoms with van der Waals surface area (Å²) in [4.78, 5) is 11.3. The van der Waals surface area contributed by atoms with Crippen LogP contribution in [0.4, 0.5) is 8.78 Å². The number of amides is 1. The maximum atomic E-state index is 13.6. The number of hydrogen-bond acceptors (Lipinski definition) is 3. The van der Waals surface area contributed by atoms with Crippen LogP contribution in [-0.4, -0.2) is 24.7 Å². The molecule has 2 N–H and O–H groups in total. The summed E-state index contributed by atoms with van der Waals surface area (Å²) in [6.07, 6.45) is 0.304. The van der Waals surface area contributed by atoms with E-state index < -0.39 is 11.6 Å². The van der Waals surface area contributed by atoms with Crippen LogP contribution in [-0.2, 0) is 11.2 Å². The van der Waals surface area contributed by atoms with Crippen LogP contribution in [0.5, 0.6) is 11.5 Å².